The summed E-state index contributed by atoms with van der Waals surface area (Å²) in [6.45, 7) is 0. The van der Waals surface area contributed by atoms with Crippen LogP contribution in [0.4, 0.5) is 5.69 Å². The molecule has 6 heteroatoms. The van der Waals surface area contributed by atoms with Crippen molar-refractivity contribution < 1.29 is 4.52 Å². The quantitative estimate of drug-likeness (QED) is 0.850. The molecule has 0 aliphatic carbocycles. The number of nitrogens with zero attached hydrogens (tertiary/aromatic N) is 2. The van der Waals surface area contributed by atoms with Crippen LogP contribution < -0.4 is 5.73 Å². The molecule has 0 bridgehead atoms. The van der Waals surface area contributed by atoms with Gasteiger partial charge in [-0.15, -0.1) is 0 Å². The first-order chi connectivity index (χ1) is 9.24. The van der Waals surface area contributed by atoms with Crippen LogP contribution in [0.1, 0.15) is 30.3 Å². The van der Waals surface area contributed by atoms with E-state index in [0.29, 0.717) is 21.9 Å². The van der Waals surface area contributed by atoms with Crippen molar-refractivity contribution >= 4 is 29.1 Å². The molecular weight excluding hydrogens is 282 g/mol. The summed E-state index contributed by atoms with van der Waals surface area (Å²) in [4.78, 5) is 4.47. The van der Waals surface area contributed by atoms with Gasteiger partial charge in [-0.2, -0.15) is 16.7 Å². The molecule has 1 aromatic heterocycles. The van der Waals surface area contributed by atoms with Crippen LogP contribution in [0.3, 0.4) is 0 Å². The van der Waals surface area contributed by atoms with Gasteiger partial charge in [0.1, 0.15) is 0 Å². The number of aromatic nitrogens is 2. The number of nitrogen functional groups attached to an aromatic ring is 1. The molecule has 1 aliphatic heterocycles. The molecular formula is C13H14ClN3OS. The lowest BCUT2D eigenvalue weighted by molar-refractivity contribution is 0.420. The lowest BCUT2D eigenvalue weighted by Gasteiger charge is -2.17. The number of nitrogens with two attached hydrogens (primary N) is 1. The van der Waals surface area contributed by atoms with Gasteiger partial charge in [-0.25, -0.2) is 0 Å². The maximum atomic E-state index is 6.15. The third kappa shape index (κ3) is 2.72. The van der Waals surface area contributed by atoms with Crippen LogP contribution in [-0.2, 0) is 0 Å². The molecule has 19 heavy (non-hydrogen) atoms. The number of hydrogen-bond acceptors (Lipinski definition) is 5. The fourth-order valence-electron chi connectivity index (χ4n) is 2.12. The molecule has 1 aromatic carbocycles. The Bertz CT molecular complexity index is 581. The van der Waals surface area contributed by atoms with E-state index >= 15 is 0 Å². The van der Waals surface area contributed by atoms with Gasteiger partial charge in [0.15, 0.2) is 5.82 Å². The summed E-state index contributed by atoms with van der Waals surface area (Å²) in [7, 11) is 0. The van der Waals surface area contributed by atoms with Gasteiger partial charge in [-0.3, -0.25) is 0 Å². The molecule has 1 aliphatic rings. The maximum Gasteiger partial charge on any atom is 0.259 e. The van der Waals surface area contributed by atoms with Crippen molar-refractivity contribution in [1.29, 1.82) is 0 Å². The van der Waals surface area contributed by atoms with E-state index in [1.54, 1.807) is 12.1 Å². The van der Waals surface area contributed by atoms with Gasteiger partial charge in [0.25, 0.3) is 5.89 Å². The average Bonchev–Trinajstić information content (AvgIpc) is 2.89. The first-order valence-electron chi connectivity index (χ1n) is 6.24. The summed E-state index contributed by atoms with van der Waals surface area (Å²) < 4.78 is 5.32. The Balaban J connectivity index is 1.87. The number of benzene rings is 1. The fourth-order valence-corrected chi connectivity index (χ4v) is 3.63. The zero-order chi connectivity index (χ0) is 13.2. The van der Waals surface area contributed by atoms with E-state index in [0.717, 1.165) is 23.6 Å². The van der Waals surface area contributed by atoms with Gasteiger partial charge in [0.05, 0.1) is 15.8 Å². The molecule has 2 N–H and O–H groups in total. The summed E-state index contributed by atoms with van der Waals surface area (Å²) in [5.41, 5.74) is 7.03. The smallest absolute Gasteiger partial charge is 0.259 e. The number of halogens is 1. The molecule has 1 atom stereocenters. The normalized spacial score (nSPS) is 19.5. The highest BCUT2D eigenvalue weighted by atomic mass is 35.5. The molecule has 100 valence electrons. The van der Waals surface area contributed by atoms with Gasteiger partial charge >= 0.3 is 0 Å². The van der Waals surface area contributed by atoms with Crippen molar-refractivity contribution in [2.45, 2.75) is 24.5 Å². The van der Waals surface area contributed by atoms with Crippen molar-refractivity contribution in [2.75, 3.05) is 11.5 Å². The Kier molecular flexibility index (Phi) is 3.66. The van der Waals surface area contributed by atoms with Crippen LogP contribution in [0.2, 0.25) is 5.02 Å². The van der Waals surface area contributed by atoms with E-state index in [2.05, 4.69) is 10.1 Å². The number of anilines is 1. The van der Waals surface area contributed by atoms with Gasteiger partial charge < -0.3 is 10.3 Å². The second-order valence-electron chi connectivity index (χ2n) is 4.55. The largest absolute Gasteiger partial charge is 0.399 e. The average molecular weight is 296 g/mol. The van der Waals surface area contributed by atoms with E-state index in [1.807, 2.05) is 17.8 Å². The number of thioether (sulfide) groups is 1. The van der Waals surface area contributed by atoms with Crippen LogP contribution in [0.25, 0.3) is 11.5 Å². The van der Waals surface area contributed by atoms with Crippen molar-refractivity contribution in [1.82, 2.24) is 10.1 Å². The van der Waals surface area contributed by atoms with Crippen LogP contribution >= 0.6 is 23.4 Å². The van der Waals surface area contributed by atoms with Gasteiger partial charge in [-0.05, 0) is 36.8 Å². The summed E-state index contributed by atoms with van der Waals surface area (Å²) in [6, 6.07) is 5.28. The molecule has 2 heterocycles. The summed E-state index contributed by atoms with van der Waals surface area (Å²) in [6.07, 6.45) is 3.61. The topological polar surface area (TPSA) is 64.9 Å². The Morgan fingerprint density at radius 2 is 2.26 bits per heavy atom. The minimum absolute atomic E-state index is 0.346. The van der Waals surface area contributed by atoms with Crippen LogP contribution in [0.15, 0.2) is 22.7 Å². The molecule has 0 amide bonds. The molecule has 0 spiro atoms. The summed E-state index contributed by atoms with van der Waals surface area (Å²) in [5.74, 6) is 2.40. The summed E-state index contributed by atoms with van der Waals surface area (Å²) >= 11 is 8.04. The Labute approximate surface area is 120 Å². The number of rotatable bonds is 2. The Morgan fingerprint density at radius 1 is 1.37 bits per heavy atom. The zero-order valence-electron chi connectivity index (χ0n) is 10.3. The maximum absolute atomic E-state index is 6.15. The predicted octanol–water partition coefficient (Wildman–Crippen LogP) is 3.93. The van der Waals surface area contributed by atoms with Crippen molar-refractivity contribution in [2.24, 2.45) is 0 Å². The molecule has 0 saturated carbocycles. The highest BCUT2D eigenvalue weighted by Gasteiger charge is 2.22. The van der Waals surface area contributed by atoms with Crippen molar-refractivity contribution in [3.8, 4) is 11.5 Å². The molecule has 4 nitrogen and oxygen atoms in total. The Hall–Kier alpha value is -1.20. The van der Waals surface area contributed by atoms with E-state index in [4.69, 9.17) is 21.9 Å². The minimum atomic E-state index is 0.346. The van der Waals surface area contributed by atoms with Gasteiger partial charge in [0, 0.05) is 5.69 Å². The molecule has 1 fully saturated rings. The van der Waals surface area contributed by atoms with Gasteiger partial charge in [0.2, 0.25) is 0 Å². The fraction of sp³-hybridized carbons (Fsp3) is 0.385. The van der Waals surface area contributed by atoms with Crippen molar-refractivity contribution in [3.63, 3.8) is 0 Å². The van der Waals surface area contributed by atoms with Gasteiger partial charge in [-0.1, -0.05) is 23.2 Å². The van der Waals surface area contributed by atoms with E-state index in [1.165, 1.54) is 12.8 Å². The molecule has 3 rings (SSSR count). The third-order valence-electron chi connectivity index (χ3n) is 3.13. The lowest BCUT2D eigenvalue weighted by atomic mass is 10.2. The van der Waals surface area contributed by atoms with Crippen LogP contribution in [-0.4, -0.2) is 15.9 Å². The zero-order valence-corrected chi connectivity index (χ0v) is 11.9. The van der Waals surface area contributed by atoms with Crippen LogP contribution in [0, 0.1) is 0 Å². The first-order valence-corrected chi connectivity index (χ1v) is 7.67. The summed E-state index contributed by atoms with van der Waals surface area (Å²) in [5, 5.41) is 4.96. The van der Waals surface area contributed by atoms with E-state index in [9.17, 15) is 0 Å². The second-order valence-corrected chi connectivity index (χ2v) is 6.27. The predicted molar refractivity (Wildman–Crippen MR) is 78.2 cm³/mol. The monoisotopic (exact) mass is 295 g/mol. The number of hydrogen-bond donors (Lipinski definition) is 1. The lowest BCUT2D eigenvalue weighted by Crippen LogP contribution is -2.03. The molecule has 0 radical (unpaired) electrons. The van der Waals surface area contributed by atoms with Crippen molar-refractivity contribution in [3.05, 3.63) is 29.0 Å². The minimum Gasteiger partial charge on any atom is -0.399 e. The SMILES string of the molecule is Nc1ccc(-c2nc(C3CCCCS3)no2)c(Cl)c1. The second kappa shape index (κ2) is 5.43. The third-order valence-corrected chi connectivity index (χ3v) is 4.82. The first kappa shape index (κ1) is 12.8. The van der Waals surface area contributed by atoms with E-state index < -0.39 is 0 Å². The van der Waals surface area contributed by atoms with E-state index in [-0.39, 0.29) is 0 Å². The standard InChI is InChI=1S/C13H14ClN3OS/c14-10-7-8(15)4-5-9(10)13-16-12(17-18-13)11-3-1-2-6-19-11/h4-5,7,11H,1-3,6,15H2. The molecule has 1 saturated heterocycles. The Morgan fingerprint density at radius 3 is 3.00 bits per heavy atom. The molecule has 1 unspecified atom stereocenters. The molecule has 2 aromatic rings. The highest BCUT2D eigenvalue weighted by molar-refractivity contribution is 7.99. The van der Waals surface area contributed by atoms with Crippen LogP contribution in [0.5, 0.6) is 0 Å². The highest BCUT2D eigenvalue weighted by Crippen LogP contribution is 2.38.